The van der Waals surface area contributed by atoms with Crippen LogP contribution in [0.3, 0.4) is 0 Å². The zero-order chi connectivity index (χ0) is 23.1. The summed E-state index contributed by atoms with van der Waals surface area (Å²) < 4.78 is 28.5. The zero-order valence-electron chi connectivity index (χ0n) is 18.2. The van der Waals surface area contributed by atoms with Crippen LogP contribution >= 0.6 is 11.8 Å². The number of carbonyl (C=O) groups excluding carboxylic acids is 1. The van der Waals surface area contributed by atoms with Crippen molar-refractivity contribution in [1.82, 2.24) is 13.9 Å². The number of benzene rings is 2. The molecule has 168 valence electrons. The highest BCUT2D eigenvalue weighted by Crippen LogP contribution is 2.32. The van der Waals surface area contributed by atoms with Crippen LogP contribution in [0.1, 0.15) is 19.4 Å². The Morgan fingerprint density at radius 3 is 2.44 bits per heavy atom. The molecule has 0 atom stereocenters. The van der Waals surface area contributed by atoms with E-state index < -0.39 is 10.0 Å². The Labute approximate surface area is 193 Å². The molecule has 0 unspecified atom stereocenters. The summed E-state index contributed by atoms with van der Waals surface area (Å²) >= 11 is 1.47. The van der Waals surface area contributed by atoms with Gasteiger partial charge in [-0.05, 0) is 47.7 Å². The van der Waals surface area contributed by atoms with Gasteiger partial charge in [0.15, 0.2) is 5.16 Å². The number of nitrogens with one attached hydrogen (secondary N) is 1. The van der Waals surface area contributed by atoms with Crippen molar-refractivity contribution in [3.8, 4) is 0 Å². The topological polar surface area (TPSA) is 84.3 Å². The smallest absolute Gasteiger partial charge is 0.248 e. The van der Waals surface area contributed by atoms with Gasteiger partial charge < -0.3 is 9.88 Å². The van der Waals surface area contributed by atoms with E-state index in [9.17, 15) is 13.2 Å². The van der Waals surface area contributed by atoms with Gasteiger partial charge in [-0.2, -0.15) is 4.31 Å². The summed E-state index contributed by atoms with van der Waals surface area (Å²) in [7, 11) is -1.58. The molecule has 1 amide bonds. The standard InChI is InChI=1S/C23H26N4O3S2/c1-4-27(5-2)32(29,30)19-13-10-18(11-14-19)12-15-22(28)25-20-8-6-7-9-21(20)31-23-24-16-17-26(23)3/h6-17H,4-5H2,1-3H3,(H,25,28)/b15-12+. The molecule has 0 saturated carbocycles. The predicted octanol–water partition coefficient (Wildman–Crippen LogP) is 4.25. The first-order valence-electron chi connectivity index (χ1n) is 10.2. The predicted molar refractivity (Wildman–Crippen MR) is 128 cm³/mol. The highest BCUT2D eigenvalue weighted by Gasteiger charge is 2.20. The molecule has 3 aromatic rings. The zero-order valence-corrected chi connectivity index (χ0v) is 19.9. The summed E-state index contributed by atoms with van der Waals surface area (Å²) in [4.78, 5) is 17.9. The van der Waals surface area contributed by atoms with Gasteiger partial charge in [0.1, 0.15) is 0 Å². The molecule has 3 rings (SSSR count). The fourth-order valence-electron chi connectivity index (χ4n) is 3.02. The number of rotatable bonds is 9. The van der Waals surface area contributed by atoms with Crippen molar-refractivity contribution >= 4 is 39.5 Å². The molecule has 0 aliphatic rings. The van der Waals surface area contributed by atoms with Crippen LogP contribution in [0.25, 0.3) is 6.08 Å². The van der Waals surface area contributed by atoms with E-state index >= 15 is 0 Å². The fourth-order valence-corrected chi connectivity index (χ4v) is 5.37. The number of para-hydroxylation sites is 1. The van der Waals surface area contributed by atoms with E-state index in [1.54, 1.807) is 36.5 Å². The van der Waals surface area contributed by atoms with Crippen LogP contribution in [0.4, 0.5) is 5.69 Å². The molecule has 32 heavy (non-hydrogen) atoms. The number of sulfonamides is 1. The number of carbonyl (C=O) groups is 1. The highest BCUT2D eigenvalue weighted by atomic mass is 32.2. The molecule has 1 N–H and O–H groups in total. The third-order valence-corrected chi connectivity index (χ3v) is 7.99. The van der Waals surface area contributed by atoms with Gasteiger partial charge in [-0.3, -0.25) is 4.79 Å². The summed E-state index contributed by atoms with van der Waals surface area (Å²) in [5.74, 6) is -0.280. The molecule has 0 saturated heterocycles. The van der Waals surface area contributed by atoms with E-state index in [0.717, 1.165) is 15.6 Å². The molecular weight excluding hydrogens is 444 g/mol. The van der Waals surface area contributed by atoms with Crippen molar-refractivity contribution in [3.63, 3.8) is 0 Å². The number of hydrogen-bond donors (Lipinski definition) is 1. The minimum Gasteiger partial charge on any atom is -0.329 e. The summed E-state index contributed by atoms with van der Waals surface area (Å²) in [6, 6.07) is 14.0. The van der Waals surface area contributed by atoms with Crippen LogP contribution in [-0.2, 0) is 21.9 Å². The van der Waals surface area contributed by atoms with Crippen molar-refractivity contribution in [1.29, 1.82) is 0 Å². The first-order valence-corrected chi connectivity index (χ1v) is 12.4. The largest absolute Gasteiger partial charge is 0.329 e. The molecule has 0 aliphatic carbocycles. The molecule has 0 spiro atoms. The van der Waals surface area contributed by atoms with Crippen molar-refractivity contribution in [3.05, 3.63) is 72.6 Å². The van der Waals surface area contributed by atoms with Gasteiger partial charge in [0.2, 0.25) is 15.9 Å². The molecule has 2 aromatic carbocycles. The molecule has 0 fully saturated rings. The first kappa shape index (κ1) is 23.8. The van der Waals surface area contributed by atoms with Crippen molar-refractivity contribution in [2.24, 2.45) is 7.05 Å². The molecule has 1 heterocycles. The lowest BCUT2D eigenvalue weighted by molar-refractivity contribution is -0.111. The fraction of sp³-hybridized carbons (Fsp3) is 0.217. The Bertz CT molecular complexity index is 1200. The quantitative estimate of drug-likeness (QED) is 0.473. The Kier molecular flexibility index (Phi) is 7.89. The van der Waals surface area contributed by atoms with Crippen LogP contribution < -0.4 is 5.32 Å². The van der Waals surface area contributed by atoms with E-state index in [0.29, 0.717) is 18.8 Å². The van der Waals surface area contributed by atoms with Crippen LogP contribution in [-0.4, -0.2) is 41.3 Å². The van der Waals surface area contributed by atoms with E-state index in [2.05, 4.69) is 10.3 Å². The molecule has 0 bridgehead atoms. The molecule has 9 heteroatoms. The molecular formula is C23H26N4O3S2. The van der Waals surface area contributed by atoms with Crippen molar-refractivity contribution in [2.75, 3.05) is 18.4 Å². The lowest BCUT2D eigenvalue weighted by Gasteiger charge is -2.18. The second kappa shape index (κ2) is 10.6. The number of anilines is 1. The van der Waals surface area contributed by atoms with Gasteiger partial charge in [-0.15, -0.1) is 0 Å². The monoisotopic (exact) mass is 470 g/mol. The second-order valence-electron chi connectivity index (χ2n) is 6.90. The molecule has 0 aliphatic heterocycles. The lowest BCUT2D eigenvalue weighted by Crippen LogP contribution is -2.30. The first-order chi connectivity index (χ1) is 15.3. The van der Waals surface area contributed by atoms with Crippen LogP contribution in [0.2, 0.25) is 0 Å². The maximum atomic E-state index is 12.6. The summed E-state index contributed by atoms with van der Waals surface area (Å²) in [6.07, 6.45) is 6.67. The maximum Gasteiger partial charge on any atom is 0.248 e. The molecule has 0 radical (unpaired) electrons. The summed E-state index contributed by atoms with van der Waals surface area (Å²) in [5.41, 5.74) is 1.42. The number of nitrogens with zero attached hydrogens (tertiary/aromatic N) is 3. The highest BCUT2D eigenvalue weighted by molar-refractivity contribution is 7.99. The van der Waals surface area contributed by atoms with Crippen LogP contribution in [0, 0.1) is 0 Å². The third kappa shape index (κ3) is 5.67. The van der Waals surface area contributed by atoms with Crippen LogP contribution in [0.15, 0.2) is 81.9 Å². The number of hydrogen-bond acceptors (Lipinski definition) is 5. The molecule has 1 aromatic heterocycles. The van der Waals surface area contributed by atoms with E-state index in [-0.39, 0.29) is 10.8 Å². The minimum absolute atomic E-state index is 0.239. The number of aromatic nitrogens is 2. The van der Waals surface area contributed by atoms with Gasteiger partial charge in [0.25, 0.3) is 0 Å². The van der Waals surface area contributed by atoms with Gasteiger partial charge in [0, 0.05) is 43.5 Å². The van der Waals surface area contributed by atoms with Gasteiger partial charge in [0.05, 0.1) is 10.6 Å². The summed E-state index contributed by atoms with van der Waals surface area (Å²) in [6.45, 7) is 4.45. The third-order valence-electron chi connectivity index (χ3n) is 4.77. The van der Waals surface area contributed by atoms with Gasteiger partial charge in [-0.1, -0.05) is 38.1 Å². The average molecular weight is 471 g/mol. The summed E-state index contributed by atoms with van der Waals surface area (Å²) in [5, 5.41) is 3.71. The minimum atomic E-state index is -3.50. The second-order valence-corrected chi connectivity index (χ2v) is 9.85. The van der Waals surface area contributed by atoms with E-state index in [1.807, 2.05) is 55.9 Å². The lowest BCUT2D eigenvalue weighted by atomic mass is 10.2. The normalized spacial score (nSPS) is 11.9. The number of amides is 1. The number of aryl methyl sites for hydroxylation is 1. The maximum absolute atomic E-state index is 12.6. The SMILES string of the molecule is CCN(CC)S(=O)(=O)c1ccc(/C=C/C(=O)Nc2ccccc2Sc2nccn2C)cc1. The van der Waals surface area contributed by atoms with Crippen LogP contribution in [0.5, 0.6) is 0 Å². The Hall–Kier alpha value is -2.88. The van der Waals surface area contributed by atoms with E-state index in [1.165, 1.54) is 22.1 Å². The van der Waals surface area contributed by atoms with Crippen molar-refractivity contribution in [2.45, 2.75) is 28.8 Å². The Balaban J connectivity index is 1.68. The van der Waals surface area contributed by atoms with Crippen molar-refractivity contribution < 1.29 is 13.2 Å². The Morgan fingerprint density at radius 1 is 1.12 bits per heavy atom. The molecule has 7 nitrogen and oxygen atoms in total. The average Bonchev–Trinajstić information content (AvgIpc) is 3.19. The Morgan fingerprint density at radius 2 is 1.81 bits per heavy atom. The number of imidazole rings is 1. The van der Waals surface area contributed by atoms with Gasteiger partial charge >= 0.3 is 0 Å². The van der Waals surface area contributed by atoms with E-state index in [4.69, 9.17) is 0 Å². The van der Waals surface area contributed by atoms with Gasteiger partial charge in [-0.25, -0.2) is 13.4 Å².